The van der Waals surface area contributed by atoms with Crippen LogP contribution < -0.4 is 5.32 Å². The molecule has 0 saturated carbocycles. The molecule has 0 bridgehead atoms. The molecule has 3 aromatic rings. The third kappa shape index (κ3) is 3.00. The predicted octanol–water partition coefficient (Wildman–Crippen LogP) is 5.05. The average molecular weight is 354 g/mol. The molecule has 1 unspecified atom stereocenters. The second-order valence-corrected chi connectivity index (χ2v) is 8.17. The first-order valence-corrected chi connectivity index (χ1v) is 10.3. The summed E-state index contributed by atoms with van der Waals surface area (Å²) in [5.41, 5.74) is 9.32. The molecule has 1 aliphatic heterocycles. The van der Waals surface area contributed by atoms with Crippen LogP contribution in [0, 0.1) is 0 Å². The number of fused-ring (bicyclic) bond motifs is 4. The summed E-state index contributed by atoms with van der Waals surface area (Å²) in [6.07, 6.45) is 5.83. The third-order valence-corrected chi connectivity index (χ3v) is 6.53. The molecule has 1 heteroatoms. The summed E-state index contributed by atoms with van der Waals surface area (Å²) in [6.45, 7) is 2.19. The Hall–Kier alpha value is -2.38. The van der Waals surface area contributed by atoms with Gasteiger partial charge in [-0.3, -0.25) is 0 Å². The van der Waals surface area contributed by atoms with E-state index in [1.54, 1.807) is 16.7 Å². The van der Waals surface area contributed by atoms with Crippen LogP contribution in [0.2, 0.25) is 0 Å². The van der Waals surface area contributed by atoms with Crippen molar-refractivity contribution in [3.63, 3.8) is 0 Å². The van der Waals surface area contributed by atoms with Crippen LogP contribution in [0.1, 0.15) is 46.2 Å². The fourth-order valence-corrected chi connectivity index (χ4v) is 5.20. The van der Waals surface area contributed by atoms with Gasteiger partial charge in [-0.1, -0.05) is 72.8 Å². The van der Waals surface area contributed by atoms with Crippen molar-refractivity contribution in [3.8, 4) is 0 Å². The van der Waals surface area contributed by atoms with Crippen molar-refractivity contribution >= 4 is 0 Å². The standard InChI is InChI=1S/C26H27N/c1-2-7-20(8-3-1)9-6-10-21-13-14-25-23(17-21)18-22-11-4-5-12-24(22)26(25)15-16-27-19-26/h1-5,7-8,11-14,17,27H,6,9-10,15-16,18-19H2. The van der Waals surface area contributed by atoms with Crippen molar-refractivity contribution in [2.24, 2.45) is 0 Å². The van der Waals surface area contributed by atoms with Gasteiger partial charge in [0.05, 0.1) is 0 Å². The van der Waals surface area contributed by atoms with Crippen molar-refractivity contribution < 1.29 is 0 Å². The highest BCUT2D eigenvalue weighted by molar-refractivity contribution is 5.55. The molecule has 1 spiro atoms. The van der Waals surface area contributed by atoms with Gasteiger partial charge >= 0.3 is 0 Å². The van der Waals surface area contributed by atoms with Gasteiger partial charge in [-0.15, -0.1) is 0 Å². The second-order valence-electron chi connectivity index (χ2n) is 8.17. The van der Waals surface area contributed by atoms with Gasteiger partial charge in [0.2, 0.25) is 0 Å². The number of benzene rings is 3. The van der Waals surface area contributed by atoms with Gasteiger partial charge in [0.25, 0.3) is 0 Å². The molecule has 5 rings (SSSR count). The number of nitrogens with one attached hydrogen (secondary N) is 1. The summed E-state index contributed by atoms with van der Waals surface area (Å²) in [7, 11) is 0. The summed E-state index contributed by atoms with van der Waals surface area (Å²) in [5.74, 6) is 0. The molecule has 1 N–H and O–H groups in total. The van der Waals surface area contributed by atoms with E-state index in [0.717, 1.165) is 32.4 Å². The quantitative estimate of drug-likeness (QED) is 0.692. The van der Waals surface area contributed by atoms with E-state index in [9.17, 15) is 0 Å². The average Bonchev–Trinajstić information content (AvgIpc) is 3.19. The van der Waals surface area contributed by atoms with E-state index in [-0.39, 0.29) is 5.41 Å². The number of hydrogen-bond donors (Lipinski definition) is 1. The fourth-order valence-electron chi connectivity index (χ4n) is 5.20. The molecular formula is C26H27N. The van der Waals surface area contributed by atoms with Crippen molar-refractivity contribution in [3.05, 3.63) is 106 Å². The molecule has 1 fully saturated rings. The Kier molecular flexibility index (Phi) is 4.33. The monoisotopic (exact) mass is 353 g/mol. The van der Waals surface area contributed by atoms with E-state index < -0.39 is 0 Å². The maximum absolute atomic E-state index is 3.63. The molecule has 2 aliphatic rings. The molecule has 136 valence electrons. The summed E-state index contributed by atoms with van der Waals surface area (Å²) in [4.78, 5) is 0. The Labute approximate surface area is 162 Å². The van der Waals surface area contributed by atoms with Crippen molar-refractivity contribution in [2.75, 3.05) is 13.1 Å². The molecule has 0 radical (unpaired) electrons. The van der Waals surface area contributed by atoms with Crippen molar-refractivity contribution in [1.82, 2.24) is 5.32 Å². The fraction of sp³-hybridized carbons (Fsp3) is 0.308. The molecule has 1 nitrogen and oxygen atoms in total. The smallest absolute Gasteiger partial charge is 0.0345 e. The molecule has 0 amide bonds. The lowest BCUT2D eigenvalue weighted by Gasteiger charge is -2.38. The van der Waals surface area contributed by atoms with Gasteiger partial charge < -0.3 is 5.32 Å². The van der Waals surface area contributed by atoms with E-state index in [1.807, 2.05) is 0 Å². The molecular weight excluding hydrogens is 326 g/mol. The largest absolute Gasteiger partial charge is 0.315 e. The predicted molar refractivity (Wildman–Crippen MR) is 112 cm³/mol. The Morgan fingerprint density at radius 3 is 2.37 bits per heavy atom. The first-order valence-electron chi connectivity index (χ1n) is 10.3. The van der Waals surface area contributed by atoms with Crippen LogP contribution in [0.5, 0.6) is 0 Å². The molecule has 27 heavy (non-hydrogen) atoms. The van der Waals surface area contributed by atoms with Crippen LogP contribution >= 0.6 is 0 Å². The summed E-state index contributed by atoms with van der Waals surface area (Å²) in [6, 6.07) is 27.3. The summed E-state index contributed by atoms with van der Waals surface area (Å²) in [5, 5.41) is 3.63. The van der Waals surface area contributed by atoms with Crippen LogP contribution in [0.3, 0.4) is 0 Å². The molecule has 0 aromatic heterocycles. The molecule has 1 saturated heterocycles. The van der Waals surface area contributed by atoms with Crippen molar-refractivity contribution in [1.29, 1.82) is 0 Å². The molecule has 1 atom stereocenters. The maximum Gasteiger partial charge on any atom is 0.0345 e. The molecule has 1 heterocycles. The second kappa shape index (κ2) is 6.98. The Morgan fingerprint density at radius 2 is 1.52 bits per heavy atom. The first-order chi connectivity index (χ1) is 13.4. The minimum atomic E-state index is 0.187. The maximum atomic E-state index is 3.63. The van der Waals surface area contributed by atoms with Gasteiger partial charge in [0, 0.05) is 12.0 Å². The number of rotatable bonds is 4. The van der Waals surface area contributed by atoms with Crippen LogP contribution in [0.25, 0.3) is 0 Å². The van der Waals surface area contributed by atoms with Gasteiger partial charge in [-0.05, 0) is 72.0 Å². The Morgan fingerprint density at radius 1 is 0.741 bits per heavy atom. The van der Waals surface area contributed by atoms with Crippen LogP contribution in [-0.2, 0) is 24.7 Å². The SMILES string of the molecule is c1ccc(CCCc2ccc3c(c2)Cc2ccccc2C32CCNC2)cc1. The molecule has 1 aliphatic carbocycles. The Balaban J connectivity index is 1.41. The number of aryl methyl sites for hydroxylation is 2. The zero-order valence-electron chi connectivity index (χ0n) is 15.9. The molecule has 3 aromatic carbocycles. The highest BCUT2D eigenvalue weighted by Gasteiger charge is 2.42. The minimum absolute atomic E-state index is 0.187. The summed E-state index contributed by atoms with van der Waals surface area (Å²) < 4.78 is 0. The van der Waals surface area contributed by atoms with E-state index in [1.165, 1.54) is 29.5 Å². The van der Waals surface area contributed by atoms with E-state index in [4.69, 9.17) is 0 Å². The number of hydrogen-bond acceptors (Lipinski definition) is 1. The van der Waals surface area contributed by atoms with Gasteiger partial charge in [-0.25, -0.2) is 0 Å². The first kappa shape index (κ1) is 16.8. The lowest BCUT2D eigenvalue weighted by Crippen LogP contribution is -2.35. The van der Waals surface area contributed by atoms with Gasteiger partial charge in [0.15, 0.2) is 0 Å². The lowest BCUT2D eigenvalue weighted by molar-refractivity contribution is 0.547. The van der Waals surface area contributed by atoms with Crippen LogP contribution in [-0.4, -0.2) is 13.1 Å². The van der Waals surface area contributed by atoms with E-state index in [0.29, 0.717) is 0 Å². The lowest BCUT2D eigenvalue weighted by atomic mass is 9.66. The highest BCUT2D eigenvalue weighted by Crippen LogP contribution is 2.45. The van der Waals surface area contributed by atoms with E-state index >= 15 is 0 Å². The van der Waals surface area contributed by atoms with Crippen LogP contribution in [0.15, 0.2) is 72.8 Å². The highest BCUT2D eigenvalue weighted by atomic mass is 14.9. The normalized spacial score (nSPS) is 20.4. The zero-order valence-corrected chi connectivity index (χ0v) is 15.9. The van der Waals surface area contributed by atoms with Gasteiger partial charge in [0.1, 0.15) is 0 Å². The van der Waals surface area contributed by atoms with Crippen LogP contribution in [0.4, 0.5) is 0 Å². The Bertz CT molecular complexity index is 935. The van der Waals surface area contributed by atoms with E-state index in [2.05, 4.69) is 78.1 Å². The topological polar surface area (TPSA) is 12.0 Å². The summed E-state index contributed by atoms with van der Waals surface area (Å²) >= 11 is 0. The third-order valence-electron chi connectivity index (χ3n) is 6.53. The van der Waals surface area contributed by atoms with Crippen molar-refractivity contribution in [2.45, 2.75) is 37.5 Å². The van der Waals surface area contributed by atoms with Gasteiger partial charge in [-0.2, -0.15) is 0 Å². The zero-order chi connectivity index (χ0) is 18.1. The minimum Gasteiger partial charge on any atom is -0.315 e.